The van der Waals surface area contributed by atoms with Crippen LogP contribution < -0.4 is 5.32 Å². The molecule has 0 aliphatic rings. The maximum absolute atomic E-state index is 13.3. The molecule has 1 aromatic heterocycles. The third-order valence-electron chi connectivity index (χ3n) is 4.81. The summed E-state index contributed by atoms with van der Waals surface area (Å²) in [6.45, 7) is 4.03. The third-order valence-corrected chi connectivity index (χ3v) is 6.15. The second kappa shape index (κ2) is 8.50. The molecule has 0 radical (unpaired) electrons. The topological polar surface area (TPSA) is 42.0 Å². The van der Waals surface area contributed by atoms with E-state index in [1.165, 1.54) is 0 Å². The van der Waals surface area contributed by atoms with Gasteiger partial charge >= 0.3 is 0 Å². The van der Waals surface area contributed by atoms with E-state index < -0.39 is 0 Å². The second-order valence-corrected chi connectivity index (χ2v) is 9.36. The normalized spacial score (nSPS) is 11.0. The molecule has 150 valence electrons. The molecular weight excluding hydrogens is 528 g/mol. The number of aromatic nitrogens is 1. The van der Waals surface area contributed by atoms with E-state index in [0.29, 0.717) is 16.3 Å². The van der Waals surface area contributed by atoms with Gasteiger partial charge in [-0.25, -0.2) is 4.98 Å². The predicted molar refractivity (Wildman–Crippen MR) is 131 cm³/mol. The molecule has 0 bridgehead atoms. The smallest absolute Gasteiger partial charge is 0.256 e. The number of aryl methyl sites for hydroxylation is 2. The number of nitrogens with zero attached hydrogens (tertiary/aromatic N) is 1. The highest BCUT2D eigenvalue weighted by atomic mass is 79.9. The predicted octanol–water partition coefficient (Wildman–Crippen LogP) is 7.95. The van der Waals surface area contributed by atoms with Crippen molar-refractivity contribution in [3.05, 3.63) is 91.3 Å². The van der Waals surface area contributed by atoms with Gasteiger partial charge in [0, 0.05) is 19.9 Å². The minimum atomic E-state index is -0.227. The van der Waals surface area contributed by atoms with Crippen LogP contribution in [0.5, 0.6) is 0 Å². The molecule has 0 fully saturated rings. The number of nitrogens with one attached hydrogen (secondary N) is 1. The van der Waals surface area contributed by atoms with Crippen LogP contribution in [0.3, 0.4) is 0 Å². The Morgan fingerprint density at radius 2 is 1.63 bits per heavy atom. The zero-order valence-electron chi connectivity index (χ0n) is 16.3. The summed E-state index contributed by atoms with van der Waals surface area (Å²) in [6, 6.07) is 19.2. The summed E-state index contributed by atoms with van der Waals surface area (Å²) in [5, 5.41) is 4.23. The lowest BCUT2D eigenvalue weighted by Gasteiger charge is -2.14. The van der Waals surface area contributed by atoms with Crippen molar-refractivity contribution in [2.75, 3.05) is 5.32 Å². The van der Waals surface area contributed by atoms with Crippen molar-refractivity contribution in [3.8, 4) is 11.3 Å². The van der Waals surface area contributed by atoms with Crippen LogP contribution in [0.1, 0.15) is 21.5 Å². The molecule has 3 aromatic carbocycles. The molecular formula is C24H17Br2ClN2O. The lowest BCUT2D eigenvalue weighted by atomic mass is 9.99. The van der Waals surface area contributed by atoms with Crippen molar-refractivity contribution < 1.29 is 4.79 Å². The summed E-state index contributed by atoms with van der Waals surface area (Å²) in [6.07, 6.45) is 0. The van der Waals surface area contributed by atoms with Gasteiger partial charge in [-0.15, -0.1) is 0 Å². The largest absolute Gasteiger partial charge is 0.321 e. The van der Waals surface area contributed by atoms with Gasteiger partial charge in [0.2, 0.25) is 0 Å². The number of hydrogen-bond acceptors (Lipinski definition) is 2. The molecule has 3 nitrogen and oxygen atoms in total. The van der Waals surface area contributed by atoms with Gasteiger partial charge in [-0.05, 0) is 61.9 Å². The number of benzene rings is 3. The molecule has 6 heteroatoms. The Labute approximate surface area is 196 Å². The Kier molecular flexibility index (Phi) is 5.96. The first kappa shape index (κ1) is 21.0. The molecule has 0 aliphatic heterocycles. The van der Waals surface area contributed by atoms with Crippen molar-refractivity contribution in [3.63, 3.8) is 0 Å². The number of carbonyl (C=O) groups is 1. The lowest BCUT2D eigenvalue weighted by Crippen LogP contribution is -2.13. The Morgan fingerprint density at radius 3 is 2.33 bits per heavy atom. The van der Waals surface area contributed by atoms with E-state index >= 15 is 0 Å². The number of pyridine rings is 1. The standard InChI is InChI=1S/C24H17Br2ClN2O/c1-13-9-14(2)23-18(10-13)19(12-22(28-23)15-3-5-16(25)6-4-15)24(30)29-21-8-7-17(26)11-20(21)27/h3-12H,1-2H3,(H,29,30). The Balaban J connectivity index is 1.87. The van der Waals surface area contributed by atoms with Crippen LogP contribution in [0, 0.1) is 13.8 Å². The Bertz CT molecular complexity index is 1290. The fourth-order valence-corrected chi connectivity index (χ4v) is 4.40. The molecule has 0 unspecified atom stereocenters. The van der Waals surface area contributed by atoms with Crippen LogP contribution in [0.15, 0.2) is 69.6 Å². The van der Waals surface area contributed by atoms with Gasteiger partial charge in [0.15, 0.2) is 0 Å². The Hall–Kier alpha value is -2.21. The van der Waals surface area contributed by atoms with Gasteiger partial charge in [0.05, 0.1) is 27.5 Å². The Morgan fingerprint density at radius 1 is 0.933 bits per heavy atom. The first-order chi connectivity index (χ1) is 14.3. The van der Waals surface area contributed by atoms with E-state index in [9.17, 15) is 4.79 Å². The molecule has 1 amide bonds. The molecule has 30 heavy (non-hydrogen) atoms. The second-order valence-electron chi connectivity index (χ2n) is 7.12. The van der Waals surface area contributed by atoms with Gasteiger partial charge < -0.3 is 5.32 Å². The van der Waals surface area contributed by atoms with Crippen molar-refractivity contribution in [2.24, 2.45) is 0 Å². The fourth-order valence-electron chi connectivity index (χ4n) is 3.42. The highest BCUT2D eigenvalue weighted by molar-refractivity contribution is 9.10. The summed E-state index contributed by atoms with van der Waals surface area (Å²) < 4.78 is 1.84. The van der Waals surface area contributed by atoms with Crippen LogP contribution in [-0.2, 0) is 0 Å². The van der Waals surface area contributed by atoms with Gasteiger partial charge in [-0.3, -0.25) is 4.79 Å². The average molecular weight is 545 g/mol. The molecule has 4 rings (SSSR count). The molecule has 0 spiro atoms. The van der Waals surface area contributed by atoms with Gasteiger partial charge in [-0.2, -0.15) is 0 Å². The molecule has 0 aliphatic carbocycles. The number of hydrogen-bond donors (Lipinski definition) is 1. The summed E-state index contributed by atoms with van der Waals surface area (Å²) in [5.74, 6) is -0.227. The van der Waals surface area contributed by atoms with Crippen LogP contribution in [0.25, 0.3) is 22.2 Å². The van der Waals surface area contributed by atoms with E-state index in [4.69, 9.17) is 16.6 Å². The first-order valence-electron chi connectivity index (χ1n) is 9.26. The number of rotatable bonds is 3. The monoisotopic (exact) mass is 542 g/mol. The lowest BCUT2D eigenvalue weighted by molar-refractivity contribution is 0.102. The SMILES string of the molecule is Cc1cc(C)c2nc(-c3ccc(Br)cc3)cc(C(=O)Nc3ccc(Br)cc3Cl)c2c1. The van der Waals surface area contributed by atoms with Crippen molar-refractivity contribution in [1.82, 2.24) is 4.98 Å². The van der Waals surface area contributed by atoms with Crippen molar-refractivity contribution in [1.29, 1.82) is 0 Å². The fraction of sp³-hybridized carbons (Fsp3) is 0.0833. The molecule has 0 saturated heterocycles. The number of carbonyl (C=O) groups excluding carboxylic acids is 1. The average Bonchev–Trinajstić information content (AvgIpc) is 2.70. The summed E-state index contributed by atoms with van der Waals surface area (Å²) in [4.78, 5) is 18.2. The zero-order valence-corrected chi connectivity index (χ0v) is 20.2. The van der Waals surface area contributed by atoms with Gasteiger partial charge in [-0.1, -0.05) is 67.2 Å². The van der Waals surface area contributed by atoms with Crippen LogP contribution in [-0.4, -0.2) is 10.9 Å². The van der Waals surface area contributed by atoms with Crippen LogP contribution in [0.4, 0.5) is 5.69 Å². The van der Waals surface area contributed by atoms with Gasteiger partial charge in [0.25, 0.3) is 5.91 Å². The number of amides is 1. The molecule has 1 heterocycles. The maximum atomic E-state index is 13.3. The summed E-state index contributed by atoms with van der Waals surface area (Å²) in [5.41, 5.74) is 5.72. The summed E-state index contributed by atoms with van der Waals surface area (Å²) in [7, 11) is 0. The van der Waals surface area contributed by atoms with E-state index in [-0.39, 0.29) is 5.91 Å². The number of fused-ring (bicyclic) bond motifs is 1. The van der Waals surface area contributed by atoms with Crippen molar-refractivity contribution in [2.45, 2.75) is 13.8 Å². The van der Waals surface area contributed by atoms with Crippen molar-refractivity contribution >= 4 is 66.0 Å². The summed E-state index contributed by atoms with van der Waals surface area (Å²) >= 11 is 13.2. The molecule has 1 N–H and O–H groups in total. The highest BCUT2D eigenvalue weighted by Crippen LogP contribution is 2.31. The quantitative estimate of drug-likeness (QED) is 0.284. The highest BCUT2D eigenvalue weighted by Gasteiger charge is 2.17. The third kappa shape index (κ3) is 4.29. The zero-order chi connectivity index (χ0) is 21.4. The van der Waals surface area contributed by atoms with E-state index in [1.54, 1.807) is 12.1 Å². The minimum Gasteiger partial charge on any atom is -0.321 e. The molecule has 0 atom stereocenters. The molecule has 0 saturated carbocycles. The van der Waals surface area contributed by atoms with E-state index in [2.05, 4.69) is 43.2 Å². The van der Waals surface area contributed by atoms with Gasteiger partial charge in [0.1, 0.15) is 0 Å². The maximum Gasteiger partial charge on any atom is 0.256 e. The minimum absolute atomic E-state index is 0.227. The van der Waals surface area contributed by atoms with Crippen LogP contribution in [0.2, 0.25) is 5.02 Å². The van der Waals surface area contributed by atoms with E-state index in [1.807, 2.05) is 56.3 Å². The van der Waals surface area contributed by atoms with Crippen LogP contribution >= 0.6 is 43.5 Å². The molecule has 4 aromatic rings. The number of anilines is 1. The first-order valence-corrected chi connectivity index (χ1v) is 11.2. The van der Waals surface area contributed by atoms with E-state index in [0.717, 1.165) is 42.2 Å². The number of halogens is 3.